The first-order valence-corrected chi connectivity index (χ1v) is 6.27. The first kappa shape index (κ1) is 13.1. The maximum absolute atomic E-state index is 13.9. The van der Waals surface area contributed by atoms with E-state index in [1.165, 1.54) is 6.07 Å². The third-order valence-corrected chi connectivity index (χ3v) is 3.97. The number of hydrogen-bond donors (Lipinski definition) is 2. The van der Waals surface area contributed by atoms with Crippen molar-refractivity contribution in [1.82, 2.24) is 0 Å². The van der Waals surface area contributed by atoms with Crippen molar-refractivity contribution in [2.24, 2.45) is 0 Å². The monoisotopic (exact) mass is 272 g/mol. The van der Waals surface area contributed by atoms with Crippen LogP contribution in [0.4, 0.5) is 4.39 Å². The molecular weight excluding hydrogens is 259 g/mol. The van der Waals surface area contributed by atoms with E-state index in [4.69, 9.17) is 11.6 Å². The predicted octanol–water partition coefficient (Wildman–Crippen LogP) is 3.47. The Labute approximate surface area is 109 Å². The van der Waals surface area contributed by atoms with E-state index in [0.717, 1.165) is 25.3 Å². The lowest BCUT2D eigenvalue weighted by Gasteiger charge is -2.34. The van der Waals surface area contributed by atoms with Gasteiger partial charge in [0.1, 0.15) is 11.6 Å². The fourth-order valence-corrected chi connectivity index (χ4v) is 2.82. The molecule has 0 amide bonds. The molecule has 1 fully saturated rings. The Hall–Kier alpha value is -1.29. The minimum absolute atomic E-state index is 0.0161. The number of rotatable bonds is 2. The summed E-state index contributed by atoms with van der Waals surface area (Å²) in [6, 6.07) is 2.13. The molecule has 0 heterocycles. The number of aliphatic carboxylic acids is 1. The number of phenols is 1. The molecule has 1 saturated carbocycles. The van der Waals surface area contributed by atoms with E-state index in [1.807, 2.05) is 0 Å². The van der Waals surface area contributed by atoms with E-state index < -0.39 is 17.2 Å². The van der Waals surface area contributed by atoms with Crippen LogP contribution in [-0.2, 0) is 10.2 Å². The third kappa shape index (κ3) is 2.05. The minimum atomic E-state index is -1.21. The largest absolute Gasteiger partial charge is 0.506 e. The molecule has 0 unspecified atom stereocenters. The lowest BCUT2D eigenvalue weighted by atomic mass is 9.69. The molecule has 0 aromatic heterocycles. The number of halogens is 2. The highest BCUT2D eigenvalue weighted by Gasteiger charge is 2.43. The predicted molar refractivity (Wildman–Crippen MR) is 65.5 cm³/mol. The Morgan fingerprint density at radius 3 is 2.44 bits per heavy atom. The van der Waals surface area contributed by atoms with E-state index in [1.54, 1.807) is 0 Å². The van der Waals surface area contributed by atoms with Crippen molar-refractivity contribution < 1.29 is 19.4 Å². The lowest BCUT2D eigenvalue weighted by Crippen LogP contribution is -2.38. The van der Waals surface area contributed by atoms with Gasteiger partial charge in [0.15, 0.2) is 0 Å². The van der Waals surface area contributed by atoms with Crippen LogP contribution in [0.3, 0.4) is 0 Å². The van der Waals surface area contributed by atoms with Gasteiger partial charge in [0.2, 0.25) is 0 Å². The van der Waals surface area contributed by atoms with Gasteiger partial charge in [0.25, 0.3) is 0 Å². The lowest BCUT2D eigenvalue weighted by molar-refractivity contribution is -0.145. The summed E-state index contributed by atoms with van der Waals surface area (Å²) in [5, 5.41) is 18.8. The second-order valence-corrected chi connectivity index (χ2v) is 5.14. The molecule has 1 aliphatic rings. The van der Waals surface area contributed by atoms with Crippen molar-refractivity contribution in [3.8, 4) is 5.75 Å². The fraction of sp³-hybridized carbons (Fsp3) is 0.462. The first-order chi connectivity index (χ1) is 8.47. The van der Waals surface area contributed by atoms with Gasteiger partial charge >= 0.3 is 5.97 Å². The van der Waals surface area contributed by atoms with Crippen LogP contribution in [0.25, 0.3) is 0 Å². The molecule has 1 aliphatic carbocycles. The highest BCUT2D eigenvalue weighted by Crippen LogP contribution is 2.43. The molecule has 0 aliphatic heterocycles. The zero-order valence-corrected chi connectivity index (χ0v) is 10.5. The average molecular weight is 273 g/mol. The number of hydrogen-bond acceptors (Lipinski definition) is 2. The normalized spacial score (nSPS) is 18.6. The SMILES string of the molecule is O=C(O)C1(c2cc(Cl)c(O)cc2F)CCCCC1. The topological polar surface area (TPSA) is 57.5 Å². The van der Waals surface area contributed by atoms with Gasteiger partial charge in [-0.05, 0) is 18.9 Å². The average Bonchev–Trinajstić information content (AvgIpc) is 2.34. The number of phenolic OH excluding ortho intramolecular Hbond substituents is 1. The van der Waals surface area contributed by atoms with Crippen molar-refractivity contribution >= 4 is 17.6 Å². The molecule has 0 radical (unpaired) electrons. The molecule has 18 heavy (non-hydrogen) atoms. The van der Waals surface area contributed by atoms with Crippen LogP contribution < -0.4 is 0 Å². The molecule has 2 rings (SSSR count). The number of carboxylic acids is 1. The molecule has 3 nitrogen and oxygen atoms in total. The van der Waals surface area contributed by atoms with Gasteiger partial charge in [0, 0.05) is 11.6 Å². The standard InChI is InChI=1S/C13H14ClFO3/c14-9-6-8(10(15)7-11(9)16)13(12(17)18)4-2-1-3-5-13/h6-7,16H,1-5H2,(H,17,18). The Morgan fingerprint density at radius 1 is 1.28 bits per heavy atom. The van der Waals surface area contributed by atoms with Crippen molar-refractivity contribution in [3.05, 3.63) is 28.5 Å². The molecule has 1 aromatic rings. The second kappa shape index (κ2) is 4.76. The van der Waals surface area contributed by atoms with Crippen LogP contribution in [0.5, 0.6) is 5.75 Å². The van der Waals surface area contributed by atoms with Crippen LogP contribution in [0.2, 0.25) is 5.02 Å². The summed E-state index contributed by atoms with van der Waals surface area (Å²) in [7, 11) is 0. The Balaban J connectivity index is 2.55. The molecule has 5 heteroatoms. The summed E-state index contributed by atoms with van der Waals surface area (Å²) in [5.74, 6) is -2.10. The summed E-state index contributed by atoms with van der Waals surface area (Å²) in [6.45, 7) is 0. The first-order valence-electron chi connectivity index (χ1n) is 5.89. The number of carboxylic acid groups (broad SMARTS) is 1. The van der Waals surface area contributed by atoms with Gasteiger partial charge < -0.3 is 10.2 Å². The van der Waals surface area contributed by atoms with Crippen LogP contribution in [-0.4, -0.2) is 16.2 Å². The molecule has 0 atom stereocenters. The van der Waals surface area contributed by atoms with Crippen LogP contribution >= 0.6 is 11.6 Å². The minimum Gasteiger partial charge on any atom is -0.506 e. The number of benzene rings is 1. The van der Waals surface area contributed by atoms with Gasteiger partial charge in [-0.15, -0.1) is 0 Å². The smallest absolute Gasteiger partial charge is 0.314 e. The van der Waals surface area contributed by atoms with Gasteiger partial charge in [-0.2, -0.15) is 0 Å². The molecule has 98 valence electrons. The number of carbonyl (C=O) groups is 1. The van der Waals surface area contributed by atoms with Crippen LogP contribution in [0.15, 0.2) is 12.1 Å². The maximum atomic E-state index is 13.9. The Kier molecular flexibility index (Phi) is 3.48. The van der Waals surface area contributed by atoms with E-state index >= 15 is 0 Å². The summed E-state index contributed by atoms with van der Waals surface area (Å²) in [4.78, 5) is 11.6. The van der Waals surface area contributed by atoms with Gasteiger partial charge in [-0.25, -0.2) is 4.39 Å². The Bertz CT molecular complexity index is 481. The van der Waals surface area contributed by atoms with Crippen molar-refractivity contribution in [3.63, 3.8) is 0 Å². The fourth-order valence-electron chi connectivity index (χ4n) is 2.66. The molecular formula is C13H14ClFO3. The van der Waals surface area contributed by atoms with E-state index in [9.17, 15) is 19.4 Å². The van der Waals surface area contributed by atoms with Crippen LogP contribution in [0.1, 0.15) is 37.7 Å². The second-order valence-electron chi connectivity index (χ2n) is 4.73. The molecule has 2 N–H and O–H groups in total. The number of aromatic hydroxyl groups is 1. The summed E-state index contributed by atoms with van der Waals surface area (Å²) in [6.07, 6.45) is 3.28. The zero-order chi connectivity index (χ0) is 13.3. The van der Waals surface area contributed by atoms with E-state index in [0.29, 0.717) is 12.8 Å². The van der Waals surface area contributed by atoms with Crippen molar-refractivity contribution in [1.29, 1.82) is 0 Å². The summed E-state index contributed by atoms with van der Waals surface area (Å²) >= 11 is 5.76. The van der Waals surface area contributed by atoms with E-state index in [2.05, 4.69) is 0 Å². The van der Waals surface area contributed by atoms with E-state index in [-0.39, 0.29) is 16.3 Å². The molecule has 1 aromatic carbocycles. The summed E-state index contributed by atoms with van der Waals surface area (Å²) < 4.78 is 13.9. The molecule has 0 spiro atoms. The van der Waals surface area contributed by atoms with Gasteiger partial charge in [-0.3, -0.25) is 4.79 Å². The summed E-state index contributed by atoms with van der Waals surface area (Å²) in [5.41, 5.74) is -1.13. The van der Waals surface area contributed by atoms with Gasteiger partial charge in [0.05, 0.1) is 10.4 Å². The quantitative estimate of drug-likeness (QED) is 0.867. The zero-order valence-electron chi connectivity index (χ0n) is 9.75. The molecule has 0 saturated heterocycles. The van der Waals surface area contributed by atoms with Gasteiger partial charge in [-0.1, -0.05) is 30.9 Å². The third-order valence-electron chi connectivity index (χ3n) is 3.67. The highest BCUT2D eigenvalue weighted by molar-refractivity contribution is 6.32. The van der Waals surface area contributed by atoms with Crippen molar-refractivity contribution in [2.75, 3.05) is 0 Å². The Morgan fingerprint density at radius 2 is 1.89 bits per heavy atom. The maximum Gasteiger partial charge on any atom is 0.314 e. The molecule has 0 bridgehead atoms. The van der Waals surface area contributed by atoms with Crippen LogP contribution in [0, 0.1) is 5.82 Å². The highest BCUT2D eigenvalue weighted by atomic mass is 35.5. The van der Waals surface area contributed by atoms with Crippen molar-refractivity contribution in [2.45, 2.75) is 37.5 Å².